The Balaban J connectivity index is 4.04. The van der Waals surface area contributed by atoms with Gasteiger partial charge < -0.3 is 20.1 Å². The third-order valence-electron chi connectivity index (χ3n) is 10.7. The largest absolute Gasteiger partial charge is 0.472 e. The van der Waals surface area contributed by atoms with Crippen molar-refractivity contribution in [1.82, 2.24) is 0 Å². The lowest BCUT2D eigenvalue weighted by atomic mass is 10.0. The summed E-state index contributed by atoms with van der Waals surface area (Å²) >= 11 is 0. The monoisotopic (exact) mass is 830 g/mol. The molecule has 0 aliphatic rings. The second-order valence-electron chi connectivity index (χ2n) is 16.3. The maximum absolute atomic E-state index is 12.6. The van der Waals surface area contributed by atoms with E-state index in [4.69, 9.17) is 24.3 Å². The smallest absolute Gasteiger partial charge is 0.462 e. The molecule has 9 nitrogen and oxygen atoms in total. The van der Waals surface area contributed by atoms with Gasteiger partial charge in [-0.3, -0.25) is 18.6 Å². The van der Waals surface area contributed by atoms with Gasteiger partial charge in [-0.2, -0.15) is 0 Å². The zero-order chi connectivity index (χ0) is 41.8. The molecule has 10 heteroatoms. The van der Waals surface area contributed by atoms with E-state index in [9.17, 15) is 19.0 Å². The molecule has 0 saturated heterocycles. The maximum Gasteiger partial charge on any atom is 0.472 e. The lowest BCUT2D eigenvalue weighted by molar-refractivity contribution is -0.161. The van der Waals surface area contributed by atoms with E-state index in [0.717, 1.165) is 38.5 Å². The summed E-state index contributed by atoms with van der Waals surface area (Å²) in [7, 11) is -4.37. The first kappa shape index (κ1) is 55.8. The lowest BCUT2D eigenvalue weighted by Gasteiger charge is -2.19. The standard InChI is InChI=1S/C47H92NO8P/c1-3-5-7-9-11-13-15-17-19-20-21-22-23-24-26-28-30-32-34-36-38-40-47(50)56-45(44-55-57(51,52)54-42-41-48)43-53-46(49)39-37-35-33-31-29-27-25-18-16-14-12-10-8-6-4-2/h20-21,45H,3-19,22-44,48H2,1-2H3,(H,51,52)/b21-20-. The van der Waals surface area contributed by atoms with Crippen LogP contribution in [0.2, 0.25) is 0 Å². The summed E-state index contributed by atoms with van der Waals surface area (Å²) in [5, 5.41) is 0. The van der Waals surface area contributed by atoms with E-state index in [2.05, 4.69) is 26.0 Å². The first-order chi connectivity index (χ1) is 27.8. The summed E-state index contributed by atoms with van der Waals surface area (Å²) in [4.78, 5) is 35.0. The van der Waals surface area contributed by atoms with Crippen LogP contribution in [0.15, 0.2) is 12.2 Å². The van der Waals surface area contributed by atoms with Gasteiger partial charge in [-0.1, -0.05) is 206 Å². The number of hydrogen-bond donors (Lipinski definition) is 2. The highest BCUT2D eigenvalue weighted by Crippen LogP contribution is 2.43. The Morgan fingerprint density at radius 3 is 1.25 bits per heavy atom. The van der Waals surface area contributed by atoms with Crippen molar-refractivity contribution in [1.29, 1.82) is 0 Å². The number of esters is 2. The minimum Gasteiger partial charge on any atom is -0.462 e. The van der Waals surface area contributed by atoms with Crippen molar-refractivity contribution < 1.29 is 37.6 Å². The van der Waals surface area contributed by atoms with Crippen molar-refractivity contribution in [2.24, 2.45) is 5.73 Å². The summed E-state index contributed by atoms with van der Waals surface area (Å²) in [6, 6.07) is 0. The Labute approximate surface area is 351 Å². The summed E-state index contributed by atoms with van der Waals surface area (Å²) in [5.74, 6) is -0.817. The fraction of sp³-hybridized carbons (Fsp3) is 0.915. The maximum atomic E-state index is 12.6. The zero-order valence-electron chi connectivity index (χ0n) is 37.3. The molecule has 0 rings (SSSR count). The molecule has 0 aromatic heterocycles. The molecule has 0 aliphatic carbocycles. The number of phosphoric ester groups is 1. The number of hydrogen-bond acceptors (Lipinski definition) is 8. The van der Waals surface area contributed by atoms with Crippen LogP contribution in [-0.2, 0) is 32.7 Å². The van der Waals surface area contributed by atoms with E-state index < -0.39 is 26.5 Å². The molecule has 2 atom stereocenters. The van der Waals surface area contributed by atoms with E-state index in [1.807, 2.05) is 0 Å². The molecular formula is C47H92NO8P. The summed E-state index contributed by atoms with van der Waals surface area (Å²) in [6.45, 7) is 3.77. The minimum absolute atomic E-state index is 0.0561. The van der Waals surface area contributed by atoms with Gasteiger partial charge in [0.05, 0.1) is 13.2 Å². The number of nitrogens with two attached hydrogens (primary N) is 1. The number of allylic oxidation sites excluding steroid dienone is 2. The average molecular weight is 830 g/mol. The van der Waals surface area contributed by atoms with Crippen LogP contribution in [0.5, 0.6) is 0 Å². The van der Waals surface area contributed by atoms with E-state index in [1.165, 1.54) is 173 Å². The van der Waals surface area contributed by atoms with Crippen molar-refractivity contribution in [3.05, 3.63) is 12.2 Å². The number of carbonyl (C=O) groups excluding carboxylic acids is 2. The van der Waals surface area contributed by atoms with Gasteiger partial charge in [0, 0.05) is 19.4 Å². The van der Waals surface area contributed by atoms with Gasteiger partial charge >= 0.3 is 19.8 Å². The Morgan fingerprint density at radius 1 is 0.509 bits per heavy atom. The summed E-state index contributed by atoms with van der Waals surface area (Å²) in [6.07, 6.45) is 46.7. The van der Waals surface area contributed by atoms with Crippen molar-refractivity contribution >= 4 is 19.8 Å². The highest BCUT2D eigenvalue weighted by molar-refractivity contribution is 7.47. The minimum atomic E-state index is -4.37. The topological polar surface area (TPSA) is 134 Å². The highest BCUT2D eigenvalue weighted by Gasteiger charge is 2.26. The number of phosphoric acid groups is 1. The van der Waals surface area contributed by atoms with Gasteiger partial charge in [0.1, 0.15) is 6.61 Å². The molecule has 0 bridgehead atoms. The number of ether oxygens (including phenoxy) is 2. The highest BCUT2D eigenvalue weighted by atomic mass is 31.2. The molecular weight excluding hydrogens is 737 g/mol. The molecule has 0 saturated carbocycles. The third-order valence-corrected chi connectivity index (χ3v) is 11.6. The Kier molecular flexibility index (Phi) is 43.3. The predicted molar refractivity (Wildman–Crippen MR) is 238 cm³/mol. The van der Waals surface area contributed by atoms with Crippen LogP contribution in [0, 0.1) is 0 Å². The molecule has 0 heterocycles. The number of carbonyl (C=O) groups is 2. The molecule has 57 heavy (non-hydrogen) atoms. The number of rotatable bonds is 46. The van der Waals surface area contributed by atoms with Crippen molar-refractivity contribution in [3.8, 4) is 0 Å². The van der Waals surface area contributed by atoms with E-state index in [1.54, 1.807) is 0 Å². The normalized spacial score (nSPS) is 13.3. The molecule has 0 aliphatic heterocycles. The molecule has 0 fully saturated rings. The SMILES string of the molecule is CCCCCCCCCC/C=C\CCCCCCCCCCCC(=O)OC(COC(=O)CCCCCCCCCCCCCCCCC)COP(=O)(O)OCCN. The molecule has 0 radical (unpaired) electrons. The van der Waals surface area contributed by atoms with Gasteiger partial charge in [-0.15, -0.1) is 0 Å². The van der Waals surface area contributed by atoms with Crippen molar-refractivity contribution in [2.45, 2.75) is 251 Å². The third kappa shape index (κ3) is 44.1. The quantitative estimate of drug-likeness (QED) is 0.0266. The Bertz CT molecular complexity index is 948. The lowest BCUT2D eigenvalue weighted by Crippen LogP contribution is -2.29. The molecule has 338 valence electrons. The van der Waals surface area contributed by atoms with Crippen LogP contribution in [0.4, 0.5) is 0 Å². The van der Waals surface area contributed by atoms with Crippen LogP contribution in [0.1, 0.15) is 245 Å². The number of unbranched alkanes of at least 4 members (excludes halogenated alkanes) is 31. The predicted octanol–water partition coefficient (Wildman–Crippen LogP) is 14.2. The average Bonchev–Trinajstić information content (AvgIpc) is 3.20. The summed E-state index contributed by atoms with van der Waals surface area (Å²) in [5.41, 5.74) is 5.36. The Hall–Kier alpha value is -1.25. The molecule has 3 N–H and O–H groups in total. The van der Waals surface area contributed by atoms with Crippen LogP contribution < -0.4 is 5.73 Å². The second-order valence-corrected chi connectivity index (χ2v) is 17.8. The fourth-order valence-corrected chi connectivity index (χ4v) is 7.81. The van der Waals surface area contributed by atoms with Crippen molar-refractivity contribution in [2.75, 3.05) is 26.4 Å². The molecule has 0 amide bonds. The second kappa shape index (κ2) is 44.3. The van der Waals surface area contributed by atoms with Crippen LogP contribution >= 0.6 is 7.82 Å². The van der Waals surface area contributed by atoms with Gasteiger partial charge in [0.15, 0.2) is 6.10 Å². The summed E-state index contributed by atoms with van der Waals surface area (Å²) < 4.78 is 32.9. The van der Waals surface area contributed by atoms with Gasteiger partial charge in [0.25, 0.3) is 0 Å². The van der Waals surface area contributed by atoms with Crippen LogP contribution in [-0.4, -0.2) is 49.3 Å². The molecule has 0 aromatic rings. The zero-order valence-corrected chi connectivity index (χ0v) is 38.2. The van der Waals surface area contributed by atoms with Gasteiger partial charge in [-0.05, 0) is 38.5 Å². The van der Waals surface area contributed by atoms with Gasteiger partial charge in [0.2, 0.25) is 0 Å². The molecule has 0 aromatic carbocycles. The van der Waals surface area contributed by atoms with E-state index in [-0.39, 0.29) is 38.6 Å². The van der Waals surface area contributed by atoms with Crippen molar-refractivity contribution in [3.63, 3.8) is 0 Å². The molecule has 0 spiro atoms. The Morgan fingerprint density at radius 2 is 0.860 bits per heavy atom. The first-order valence-corrected chi connectivity index (χ1v) is 25.7. The van der Waals surface area contributed by atoms with Crippen LogP contribution in [0.25, 0.3) is 0 Å². The molecule has 2 unspecified atom stereocenters. The van der Waals surface area contributed by atoms with E-state index in [0.29, 0.717) is 6.42 Å². The first-order valence-electron chi connectivity index (χ1n) is 24.2. The van der Waals surface area contributed by atoms with E-state index >= 15 is 0 Å². The van der Waals surface area contributed by atoms with Crippen LogP contribution in [0.3, 0.4) is 0 Å². The van der Waals surface area contributed by atoms with Gasteiger partial charge in [-0.25, -0.2) is 4.57 Å². The fourth-order valence-electron chi connectivity index (χ4n) is 7.04.